The first-order valence-corrected chi connectivity index (χ1v) is 9.31. The Morgan fingerprint density at radius 1 is 1.29 bits per heavy atom. The van der Waals surface area contributed by atoms with E-state index >= 15 is 0 Å². The molecule has 1 saturated heterocycles. The number of furan rings is 1. The van der Waals surface area contributed by atoms with Gasteiger partial charge in [-0.3, -0.25) is 9.59 Å². The fraction of sp³-hybridized carbons (Fsp3) is 0.429. The van der Waals surface area contributed by atoms with Crippen molar-refractivity contribution in [2.24, 2.45) is 5.41 Å². The smallest absolute Gasteiger partial charge is 0.314 e. The Morgan fingerprint density at radius 2 is 2.07 bits per heavy atom. The summed E-state index contributed by atoms with van der Waals surface area (Å²) in [6.07, 6.45) is 2.51. The number of esters is 1. The number of halogens is 2. The lowest BCUT2D eigenvalue weighted by Gasteiger charge is -2.41. The molecule has 0 saturated carbocycles. The maximum absolute atomic E-state index is 14.3. The van der Waals surface area contributed by atoms with E-state index in [4.69, 9.17) is 9.15 Å². The van der Waals surface area contributed by atoms with Gasteiger partial charge in [-0.1, -0.05) is 6.07 Å². The molecule has 1 aromatic heterocycles. The van der Waals surface area contributed by atoms with Gasteiger partial charge in [0, 0.05) is 19.2 Å². The summed E-state index contributed by atoms with van der Waals surface area (Å²) in [5.41, 5.74) is -0.420. The van der Waals surface area contributed by atoms with Crippen LogP contribution in [-0.4, -0.2) is 36.5 Å². The van der Waals surface area contributed by atoms with Gasteiger partial charge in [0.2, 0.25) is 0 Å². The lowest BCUT2D eigenvalue weighted by Crippen LogP contribution is -2.51. The Morgan fingerprint density at radius 3 is 2.71 bits per heavy atom. The summed E-state index contributed by atoms with van der Waals surface area (Å²) in [6.45, 7) is 4.16. The largest absolute Gasteiger partial charge is 0.469 e. The second-order valence-electron chi connectivity index (χ2n) is 7.13. The average molecular weight is 391 g/mol. The first-order chi connectivity index (χ1) is 13.4. The predicted molar refractivity (Wildman–Crippen MR) is 97.7 cm³/mol. The zero-order chi connectivity index (χ0) is 20.3. The van der Waals surface area contributed by atoms with Crippen molar-refractivity contribution in [2.75, 3.05) is 19.7 Å². The number of rotatable bonds is 5. The Balaban J connectivity index is 1.91. The van der Waals surface area contributed by atoms with E-state index in [1.807, 2.05) is 0 Å². The van der Waals surface area contributed by atoms with Crippen LogP contribution in [0.15, 0.2) is 34.9 Å². The summed E-state index contributed by atoms with van der Waals surface area (Å²) in [4.78, 5) is 27.3. The molecule has 1 atom stereocenters. The van der Waals surface area contributed by atoms with Crippen molar-refractivity contribution in [1.29, 1.82) is 0 Å². The zero-order valence-corrected chi connectivity index (χ0v) is 16.0. The molecule has 2 heterocycles. The molecule has 1 fully saturated rings. The molecule has 1 aliphatic rings. The van der Waals surface area contributed by atoms with Gasteiger partial charge < -0.3 is 14.1 Å². The van der Waals surface area contributed by atoms with Crippen molar-refractivity contribution in [3.05, 3.63) is 59.1 Å². The Hall–Kier alpha value is -2.70. The van der Waals surface area contributed by atoms with Crippen LogP contribution in [0.1, 0.15) is 41.4 Å². The summed E-state index contributed by atoms with van der Waals surface area (Å²) < 4.78 is 38.0. The molecule has 5 nitrogen and oxygen atoms in total. The normalized spacial score (nSPS) is 19.5. The molecule has 0 bridgehead atoms. The van der Waals surface area contributed by atoms with Gasteiger partial charge in [0.15, 0.2) is 0 Å². The van der Waals surface area contributed by atoms with Gasteiger partial charge in [0.25, 0.3) is 5.91 Å². The molecule has 0 spiro atoms. The van der Waals surface area contributed by atoms with Crippen molar-refractivity contribution < 1.29 is 27.5 Å². The SMILES string of the molecule is CCOC(=O)C1(Cc2ccc(F)cc2F)CCCN(C(=O)c2ccoc2C)C1. The van der Waals surface area contributed by atoms with Crippen molar-refractivity contribution in [3.63, 3.8) is 0 Å². The van der Waals surface area contributed by atoms with Crippen molar-refractivity contribution in [2.45, 2.75) is 33.1 Å². The summed E-state index contributed by atoms with van der Waals surface area (Å²) in [6, 6.07) is 4.90. The van der Waals surface area contributed by atoms with E-state index in [-0.39, 0.29) is 31.0 Å². The second-order valence-corrected chi connectivity index (χ2v) is 7.13. The first kappa shape index (κ1) is 20.0. The van der Waals surface area contributed by atoms with Crippen LogP contribution in [0.4, 0.5) is 8.78 Å². The highest BCUT2D eigenvalue weighted by atomic mass is 19.1. The minimum absolute atomic E-state index is 0.0338. The van der Waals surface area contributed by atoms with Gasteiger partial charge in [-0.2, -0.15) is 0 Å². The Bertz CT molecular complexity index is 879. The van der Waals surface area contributed by atoms with Gasteiger partial charge in [0.1, 0.15) is 17.4 Å². The number of aryl methyl sites for hydroxylation is 1. The van der Waals surface area contributed by atoms with Crippen LogP contribution in [0, 0.1) is 24.0 Å². The number of hydrogen-bond donors (Lipinski definition) is 0. The molecule has 1 aromatic carbocycles. The maximum atomic E-state index is 14.3. The molecule has 28 heavy (non-hydrogen) atoms. The molecule has 2 aromatic rings. The molecule has 0 N–H and O–H groups in total. The number of ether oxygens (including phenoxy) is 1. The highest BCUT2D eigenvalue weighted by molar-refractivity contribution is 5.95. The van der Waals surface area contributed by atoms with Crippen LogP contribution < -0.4 is 0 Å². The average Bonchev–Trinajstić information content (AvgIpc) is 3.10. The summed E-state index contributed by atoms with van der Waals surface area (Å²) in [7, 11) is 0. The standard InChI is InChI=1S/C21H23F2NO4/c1-3-27-20(26)21(12-15-5-6-16(22)11-18(15)23)8-4-9-24(13-21)19(25)17-7-10-28-14(17)2/h5-7,10-11H,3-4,8-9,12-13H2,1-2H3. The predicted octanol–water partition coefficient (Wildman–Crippen LogP) is 3.89. The fourth-order valence-corrected chi connectivity index (χ4v) is 3.78. The topological polar surface area (TPSA) is 59.8 Å². The van der Waals surface area contributed by atoms with E-state index in [9.17, 15) is 18.4 Å². The quantitative estimate of drug-likeness (QED) is 0.726. The first-order valence-electron chi connectivity index (χ1n) is 9.31. The number of likely N-dealkylation sites (tertiary alicyclic amines) is 1. The zero-order valence-electron chi connectivity index (χ0n) is 16.0. The third-order valence-electron chi connectivity index (χ3n) is 5.21. The molecule has 1 amide bonds. The summed E-state index contributed by atoms with van der Waals surface area (Å²) in [5, 5.41) is 0. The molecule has 0 radical (unpaired) electrons. The van der Waals surface area contributed by atoms with Gasteiger partial charge >= 0.3 is 5.97 Å². The van der Waals surface area contributed by atoms with E-state index in [0.29, 0.717) is 30.7 Å². The number of hydrogen-bond acceptors (Lipinski definition) is 4. The lowest BCUT2D eigenvalue weighted by molar-refractivity contribution is -0.158. The Labute approximate surface area is 162 Å². The van der Waals surface area contributed by atoms with E-state index in [1.165, 1.54) is 12.3 Å². The fourth-order valence-electron chi connectivity index (χ4n) is 3.78. The van der Waals surface area contributed by atoms with Gasteiger partial charge in [-0.05, 0) is 50.8 Å². The molecular formula is C21H23F2NO4. The molecule has 3 rings (SSSR count). The van der Waals surface area contributed by atoms with Crippen LogP contribution in [-0.2, 0) is 16.0 Å². The van der Waals surface area contributed by atoms with E-state index in [0.717, 1.165) is 12.1 Å². The molecule has 0 aliphatic carbocycles. The number of nitrogens with zero attached hydrogens (tertiary/aromatic N) is 1. The van der Waals surface area contributed by atoms with Gasteiger partial charge in [-0.15, -0.1) is 0 Å². The van der Waals surface area contributed by atoms with Crippen LogP contribution in [0.5, 0.6) is 0 Å². The molecular weight excluding hydrogens is 368 g/mol. The maximum Gasteiger partial charge on any atom is 0.314 e. The molecule has 150 valence electrons. The number of piperidine rings is 1. The van der Waals surface area contributed by atoms with Crippen molar-refractivity contribution in [3.8, 4) is 0 Å². The summed E-state index contributed by atoms with van der Waals surface area (Å²) >= 11 is 0. The Kier molecular flexibility index (Phi) is 5.82. The third kappa shape index (κ3) is 3.93. The van der Waals surface area contributed by atoms with E-state index < -0.39 is 23.0 Å². The monoisotopic (exact) mass is 391 g/mol. The molecule has 1 aliphatic heterocycles. The van der Waals surface area contributed by atoms with Crippen LogP contribution >= 0.6 is 0 Å². The minimum Gasteiger partial charge on any atom is -0.469 e. The third-order valence-corrected chi connectivity index (χ3v) is 5.21. The van der Waals surface area contributed by atoms with E-state index in [1.54, 1.807) is 24.8 Å². The van der Waals surface area contributed by atoms with Crippen LogP contribution in [0.25, 0.3) is 0 Å². The van der Waals surface area contributed by atoms with Crippen molar-refractivity contribution in [1.82, 2.24) is 4.90 Å². The number of carbonyl (C=O) groups excluding carboxylic acids is 2. The van der Waals surface area contributed by atoms with E-state index in [2.05, 4.69) is 0 Å². The molecule has 1 unspecified atom stereocenters. The number of amides is 1. The van der Waals surface area contributed by atoms with Gasteiger partial charge in [0.05, 0.1) is 23.8 Å². The lowest BCUT2D eigenvalue weighted by atomic mass is 9.74. The molecule has 7 heteroatoms. The van der Waals surface area contributed by atoms with Crippen LogP contribution in [0.3, 0.4) is 0 Å². The van der Waals surface area contributed by atoms with Crippen molar-refractivity contribution >= 4 is 11.9 Å². The number of carbonyl (C=O) groups is 2. The minimum atomic E-state index is -1.08. The summed E-state index contributed by atoms with van der Waals surface area (Å²) in [5.74, 6) is -1.60. The highest BCUT2D eigenvalue weighted by Crippen LogP contribution is 2.36. The number of benzene rings is 1. The van der Waals surface area contributed by atoms with Crippen LogP contribution in [0.2, 0.25) is 0 Å². The van der Waals surface area contributed by atoms with Gasteiger partial charge in [-0.25, -0.2) is 8.78 Å². The second kappa shape index (κ2) is 8.12. The highest BCUT2D eigenvalue weighted by Gasteiger charge is 2.45.